The monoisotopic (exact) mass is 871 g/mol. The number of benzene rings is 4. The van der Waals surface area contributed by atoms with Crippen molar-refractivity contribution < 1.29 is 0 Å². The smallest absolute Gasteiger partial charge is 0.0929 e. The Morgan fingerprint density at radius 1 is 0.250 bits per heavy atom. The third kappa shape index (κ3) is 39.2. The molecule has 0 aliphatic heterocycles. The molecule has 6 nitrogen and oxygen atoms in total. The van der Waals surface area contributed by atoms with Crippen LogP contribution in [-0.2, 0) is 0 Å². The molecule has 0 radical (unpaired) electrons. The molecule has 6 heteroatoms. The molecular weight excluding hydrogens is 781 g/mol. The van der Waals surface area contributed by atoms with Gasteiger partial charge in [-0.15, -0.1) is 0 Å². The second kappa shape index (κ2) is 46.9. The highest BCUT2D eigenvalue weighted by Crippen LogP contribution is 2.09. The van der Waals surface area contributed by atoms with Gasteiger partial charge in [-0.25, -0.2) is 0 Å². The average molecular weight is 871 g/mol. The highest BCUT2D eigenvalue weighted by atomic mass is 15.1. The van der Waals surface area contributed by atoms with Gasteiger partial charge in [-0.1, -0.05) is 217 Å². The van der Waals surface area contributed by atoms with Gasteiger partial charge < -0.3 is 0 Å². The number of aromatic nitrogens is 6. The summed E-state index contributed by atoms with van der Waals surface area (Å²) < 4.78 is 0. The summed E-state index contributed by atoms with van der Waals surface area (Å²) in [5, 5.41) is 11.2. The number of rotatable bonds is 0. The first-order chi connectivity index (χ1) is 30.8. The van der Waals surface area contributed by atoms with Gasteiger partial charge in [0.15, 0.2) is 0 Å². The van der Waals surface area contributed by atoms with Crippen molar-refractivity contribution in [3.05, 3.63) is 158 Å². The summed E-state index contributed by atoms with van der Waals surface area (Å²) in [4.78, 5) is 16.6. The van der Waals surface area contributed by atoms with Gasteiger partial charge in [0.1, 0.15) is 0 Å². The molecule has 352 valence electrons. The van der Waals surface area contributed by atoms with E-state index in [1.54, 1.807) is 18.6 Å². The number of hydrogen-bond donors (Lipinski definition) is 0. The molecule has 4 aromatic heterocycles. The molecule has 8 aromatic rings. The average Bonchev–Trinajstić information content (AvgIpc) is 3.32. The molecule has 0 saturated carbocycles. The molecular formula is C58H90N6. The van der Waals surface area contributed by atoms with E-state index < -0.39 is 0 Å². The molecule has 0 aliphatic carbocycles. The van der Waals surface area contributed by atoms with Gasteiger partial charge in [-0.2, -0.15) is 10.2 Å². The first-order valence-corrected chi connectivity index (χ1v) is 23.7. The minimum atomic E-state index is 0.833. The molecule has 4 aromatic carbocycles. The summed E-state index contributed by atoms with van der Waals surface area (Å²) in [6.07, 6.45) is 8.71. The van der Waals surface area contributed by atoms with E-state index in [4.69, 9.17) is 0 Å². The van der Waals surface area contributed by atoms with Crippen LogP contribution in [-0.4, -0.2) is 30.1 Å². The number of fused-ring (bicyclic) bond motifs is 4. The van der Waals surface area contributed by atoms with Crippen molar-refractivity contribution in [2.24, 2.45) is 23.7 Å². The van der Waals surface area contributed by atoms with Crippen molar-refractivity contribution in [2.75, 3.05) is 0 Å². The van der Waals surface area contributed by atoms with Crippen LogP contribution in [0.5, 0.6) is 0 Å². The van der Waals surface area contributed by atoms with E-state index in [0.29, 0.717) is 0 Å². The molecule has 8 rings (SSSR count). The Labute approximate surface area is 392 Å². The second-order valence-electron chi connectivity index (χ2n) is 15.5. The van der Waals surface area contributed by atoms with Crippen LogP contribution in [0.1, 0.15) is 138 Å². The predicted octanol–water partition coefficient (Wildman–Crippen LogP) is 18.5. The molecule has 0 aliphatic rings. The fourth-order valence-corrected chi connectivity index (χ4v) is 3.87. The number of pyridine rings is 2. The van der Waals surface area contributed by atoms with Crippen molar-refractivity contribution in [1.29, 1.82) is 0 Å². The fraction of sp³-hybridized carbons (Fsp3) is 0.414. The first-order valence-electron chi connectivity index (χ1n) is 23.7. The summed E-state index contributed by atoms with van der Waals surface area (Å²) in [7, 11) is 0. The van der Waals surface area contributed by atoms with E-state index in [1.165, 1.54) is 10.8 Å². The number of para-hydroxylation sites is 4. The number of nitrogens with zero attached hydrogens (tertiary/aromatic N) is 6. The standard InChI is InChI=1S/2C9H7N.2C8H6N2.4C4H10.4C2H6/c2*1-2-6-9-8(4-1)5-3-7-10-9;1-2-4-8-7(3-1)9-5-6-10-8;1-2-4-8-7(3-1)5-6-9-10-8;4*1-4(2)3;4*1-2/h2*1-7H;2*1-6H;4*4H,1-3H3;4*1-2H3. The van der Waals surface area contributed by atoms with Gasteiger partial charge >= 0.3 is 0 Å². The second-order valence-corrected chi connectivity index (χ2v) is 15.5. The van der Waals surface area contributed by atoms with Crippen molar-refractivity contribution >= 4 is 43.7 Å². The van der Waals surface area contributed by atoms with Crippen molar-refractivity contribution in [2.45, 2.75) is 138 Å². The van der Waals surface area contributed by atoms with Gasteiger partial charge in [0.2, 0.25) is 0 Å². The lowest BCUT2D eigenvalue weighted by Gasteiger charge is -1.91. The maximum Gasteiger partial charge on any atom is 0.0929 e. The molecule has 0 spiro atoms. The zero-order valence-electron chi connectivity index (χ0n) is 44.0. The number of hydrogen-bond acceptors (Lipinski definition) is 6. The minimum Gasteiger partial charge on any atom is -0.256 e. The van der Waals surface area contributed by atoms with Crippen LogP contribution in [0.3, 0.4) is 0 Å². The molecule has 0 saturated heterocycles. The molecule has 0 bridgehead atoms. The summed E-state index contributed by atoms with van der Waals surface area (Å²) in [6.45, 7) is 42.0. The Hall–Kier alpha value is -5.62. The maximum absolute atomic E-state index is 4.18. The van der Waals surface area contributed by atoms with Crippen LogP contribution < -0.4 is 0 Å². The Balaban J connectivity index is -0.000000324. The van der Waals surface area contributed by atoms with Crippen LogP contribution in [0, 0.1) is 23.7 Å². The Morgan fingerprint density at radius 3 is 0.781 bits per heavy atom. The van der Waals surface area contributed by atoms with Gasteiger partial charge in [0, 0.05) is 40.9 Å². The van der Waals surface area contributed by atoms with E-state index in [1.807, 2.05) is 171 Å². The Morgan fingerprint density at radius 2 is 0.484 bits per heavy atom. The first kappa shape index (κ1) is 65.0. The molecule has 0 atom stereocenters. The van der Waals surface area contributed by atoms with Crippen LogP contribution in [0.4, 0.5) is 0 Å². The molecule has 4 heterocycles. The zero-order valence-corrected chi connectivity index (χ0v) is 44.0. The van der Waals surface area contributed by atoms with E-state index >= 15 is 0 Å². The quantitative estimate of drug-likeness (QED) is 0.151. The molecule has 64 heavy (non-hydrogen) atoms. The zero-order chi connectivity index (χ0) is 49.6. The van der Waals surface area contributed by atoms with Crippen molar-refractivity contribution in [3.8, 4) is 0 Å². The molecule has 0 unspecified atom stereocenters. The highest BCUT2D eigenvalue weighted by Gasteiger charge is 1.90. The van der Waals surface area contributed by atoms with E-state index in [2.05, 4.69) is 137 Å². The predicted molar refractivity (Wildman–Crippen MR) is 290 cm³/mol. The van der Waals surface area contributed by atoms with Gasteiger partial charge in [-0.3, -0.25) is 19.9 Å². The van der Waals surface area contributed by atoms with Crippen LogP contribution >= 0.6 is 0 Å². The fourth-order valence-electron chi connectivity index (χ4n) is 3.87. The lowest BCUT2D eigenvalue weighted by molar-refractivity contribution is 0.736. The molecule has 0 N–H and O–H groups in total. The minimum absolute atomic E-state index is 0.833. The Kier molecular flexibility index (Phi) is 47.6. The lowest BCUT2D eigenvalue weighted by Crippen LogP contribution is -1.79. The summed E-state index contributed by atoms with van der Waals surface area (Å²) in [5.74, 6) is 3.33. The van der Waals surface area contributed by atoms with Crippen molar-refractivity contribution in [1.82, 2.24) is 30.1 Å². The third-order valence-corrected chi connectivity index (χ3v) is 5.82. The van der Waals surface area contributed by atoms with E-state index in [9.17, 15) is 0 Å². The normalized spacial score (nSPS) is 8.88. The van der Waals surface area contributed by atoms with Gasteiger partial charge in [0.25, 0.3) is 0 Å². The van der Waals surface area contributed by atoms with E-state index in [0.717, 1.165) is 56.6 Å². The van der Waals surface area contributed by atoms with Gasteiger partial charge in [-0.05, 0) is 72.2 Å². The molecule has 0 fully saturated rings. The molecule has 0 amide bonds. The third-order valence-electron chi connectivity index (χ3n) is 5.82. The SMILES string of the molecule is CC.CC.CC.CC.CC(C)C.CC(C)C.CC(C)C.CC(C)C.c1ccc2ncccc2c1.c1ccc2ncccc2c1.c1ccc2nccnc2c1.c1ccc2nnccc2c1. The van der Waals surface area contributed by atoms with Crippen molar-refractivity contribution in [3.63, 3.8) is 0 Å². The Bertz CT molecular complexity index is 1560. The summed E-state index contributed by atoms with van der Waals surface area (Å²) >= 11 is 0. The van der Waals surface area contributed by atoms with E-state index in [-0.39, 0.29) is 0 Å². The maximum atomic E-state index is 4.18. The summed E-state index contributed by atoms with van der Waals surface area (Å²) in [6, 6.07) is 41.8. The van der Waals surface area contributed by atoms with Gasteiger partial charge in [0.05, 0.1) is 33.8 Å². The topological polar surface area (TPSA) is 77.3 Å². The summed E-state index contributed by atoms with van der Waals surface area (Å²) in [5.41, 5.74) is 4.97. The van der Waals surface area contributed by atoms with Crippen LogP contribution in [0.25, 0.3) is 43.7 Å². The largest absolute Gasteiger partial charge is 0.256 e. The lowest BCUT2D eigenvalue weighted by atomic mass is 10.2. The van der Waals surface area contributed by atoms with Crippen LogP contribution in [0.2, 0.25) is 0 Å². The van der Waals surface area contributed by atoms with Crippen LogP contribution in [0.15, 0.2) is 158 Å². The highest BCUT2D eigenvalue weighted by molar-refractivity contribution is 5.79.